The second-order valence-electron chi connectivity index (χ2n) is 8.88. The van der Waals surface area contributed by atoms with Crippen LogP contribution < -0.4 is 15.4 Å². The Labute approximate surface area is 210 Å². The third-order valence-electron chi connectivity index (χ3n) is 4.93. The van der Waals surface area contributed by atoms with Crippen molar-refractivity contribution < 1.29 is 27.4 Å². The lowest BCUT2D eigenvalue weighted by Crippen LogP contribution is -2.28. The van der Waals surface area contributed by atoms with Crippen LogP contribution in [0.2, 0.25) is 0 Å². The average molecular weight is 512 g/mol. The van der Waals surface area contributed by atoms with Gasteiger partial charge in [0.15, 0.2) is 0 Å². The van der Waals surface area contributed by atoms with E-state index >= 15 is 0 Å². The topological polar surface area (TPSA) is 111 Å². The summed E-state index contributed by atoms with van der Waals surface area (Å²) >= 11 is 0. The number of hydrogen-bond donors (Lipinski definition) is 2. The zero-order chi connectivity index (χ0) is 26.8. The van der Waals surface area contributed by atoms with Crippen molar-refractivity contribution in [1.82, 2.24) is 19.9 Å². The molecule has 192 valence electrons. The summed E-state index contributed by atoms with van der Waals surface area (Å²) in [6, 6.07) is 9.37. The number of aromatic nitrogens is 4. The van der Waals surface area contributed by atoms with Gasteiger partial charge in [0.1, 0.15) is 16.9 Å². The number of hydrogen-bond acceptors (Lipinski definition) is 8. The van der Waals surface area contributed by atoms with Gasteiger partial charge in [-0.1, -0.05) is 0 Å². The first-order chi connectivity index (χ1) is 17.4. The number of nitrogens with one attached hydrogen (secondary N) is 2. The Bertz CT molecular complexity index is 1440. The fourth-order valence-corrected chi connectivity index (χ4v) is 3.35. The molecule has 0 saturated heterocycles. The normalized spacial score (nSPS) is 11.8. The van der Waals surface area contributed by atoms with E-state index in [2.05, 4.69) is 30.6 Å². The van der Waals surface area contributed by atoms with Gasteiger partial charge >= 0.3 is 12.3 Å². The molecule has 0 fully saturated rings. The number of amides is 1. The highest BCUT2D eigenvalue weighted by molar-refractivity contribution is 5.91. The number of pyridine rings is 4. The first-order valence-electron chi connectivity index (χ1n) is 11.0. The van der Waals surface area contributed by atoms with Crippen LogP contribution in [-0.4, -0.2) is 38.7 Å². The third kappa shape index (κ3) is 6.21. The van der Waals surface area contributed by atoms with E-state index in [4.69, 9.17) is 9.47 Å². The maximum atomic E-state index is 13.8. The number of alkyl halides is 3. The van der Waals surface area contributed by atoms with E-state index in [1.165, 1.54) is 13.3 Å². The second kappa shape index (κ2) is 9.88. The smallest absolute Gasteiger partial charge is 0.418 e. The molecule has 0 aromatic carbocycles. The molecule has 37 heavy (non-hydrogen) atoms. The van der Waals surface area contributed by atoms with Crippen LogP contribution in [0.3, 0.4) is 0 Å². The molecule has 0 aliphatic heterocycles. The second-order valence-corrected chi connectivity index (χ2v) is 8.88. The maximum Gasteiger partial charge on any atom is 0.418 e. The Hall–Kier alpha value is -4.48. The molecule has 0 unspecified atom stereocenters. The summed E-state index contributed by atoms with van der Waals surface area (Å²) in [5.41, 5.74) is 0.130. The van der Waals surface area contributed by atoms with E-state index in [1.807, 2.05) is 0 Å². The summed E-state index contributed by atoms with van der Waals surface area (Å²) < 4.78 is 51.6. The van der Waals surface area contributed by atoms with Gasteiger partial charge in [0.25, 0.3) is 0 Å². The van der Waals surface area contributed by atoms with Crippen molar-refractivity contribution in [3.05, 3.63) is 60.6 Å². The number of anilines is 3. The largest absolute Gasteiger partial charge is 0.481 e. The van der Waals surface area contributed by atoms with E-state index in [1.54, 1.807) is 57.3 Å². The summed E-state index contributed by atoms with van der Waals surface area (Å²) in [7, 11) is 1.51. The van der Waals surface area contributed by atoms with Gasteiger partial charge in [0.05, 0.1) is 41.5 Å². The number of fused-ring (bicyclic) bond motifs is 1. The minimum Gasteiger partial charge on any atom is -0.481 e. The zero-order valence-electron chi connectivity index (χ0n) is 20.3. The lowest BCUT2D eigenvalue weighted by molar-refractivity contribution is -0.136. The molecule has 0 aliphatic carbocycles. The predicted molar refractivity (Wildman–Crippen MR) is 132 cm³/mol. The standard InChI is InChI=1S/C25H23F3N6O3/c1-24(2,3)37-23(35)34-19-13-30-20(11-15(19)25(26,27)28)32-18-9-10-29-17-7-6-16(33-22(17)18)14-5-8-21(36-4)31-12-14/h5-13H,1-4H3,(H,34,35)(H,29,30,32). The summed E-state index contributed by atoms with van der Waals surface area (Å²) in [5.74, 6) is 0.345. The molecule has 1 amide bonds. The van der Waals surface area contributed by atoms with Crippen LogP contribution in [0.25, 0.3) is 22.3 Å². The lowest BCUT2D eigenvalue weighted by Gasteiger charge is -2.21. The number of nitrogens with zero attached hydrogens (tertiary/aromatic N) is 4. The molecule has 0 bridgehead atoms. The Kier molecular flexibility index (Phi) is 6.84. The van der Waals surface area contributed by atoms with E-state index in [9.17, 15) is 18.0 Å². The number of methoxy groups -OCH3 is 1. The predicted octanol–water partition coefficient (Wildman–Crippen LogP) is 6.20. The SMILES string of the molecule is COc1ccc(-c2ccc3nccc(Nc4cc(C(F)(F)F)c(NC(=O)OC(C)(C)C)cn4)c3n2)cn1. The van der Waals surface area contributed by atoms with Gasteiger partial charge in [-0.05, 0) is 51.1 Å². The van der Waals surface area contributed by atoms with Crippen molar-refractivity contribution in [2.24, 2.45) is 0 Å². The molecule has 0 aliphatic rings. The number of carbonyl (C=O) groups excluding carboxylic acids is 1. The Morgan fingerprint density at radius 1 is 0.946 bits per heavy atom. The molecule has 0 radical (unpaired) electrons. The van der Waals surface area contributed by atoms with Gasteiger partial charge in [-0.3, -0.25) is 10.3 Å². The van der Waals surface area contributed by atoms with Gasteiger partial charge in [-0.15, -0.1) is 0 Å². The van der Waals surface area contributed by atoms with Gasteiger partial charge < -0.3 is 14.8 Å². The van der Waals surface area contributed by atoms with Crippen molar-refractivity contribution in [2.45, 2.75) is 32.5 Å². The quantitative estimate of drug-likeness (QED) is 0.325. The van der Waals surface area contributed by atoms with Crippen LogP contribution in [0.5, 0.6) is 5.88 Å². The molecule has 4 rings (SSSR count). The molecule has 0 atom stereocenters. The molecule has 4 heterocycles. The van der Waals surface area contributed by atoms with Crippen molar-refractivity contribution >= 4 is 34.3 Å². The average Bonchev–Trinajstić information content (AvgIpc) is 2.83. The Morgan fingerprint density at radius 2 is 1.73 bits per heavy atom. The molecule has 4 aromatic heterocycles. The van der Waals surface area contributed by atoms with Crippen molar-refractivity contribution in [1.29, 1.82) is 0 Å². The molecule has 9 nitrogen and oxygen atoms in total. The first kappa shape index (κ1) is 25.6. The van der Waals surface area contributed by atoms with Crippen LogP contribution in [0, 0.1) is 0 Å². The molecule has 0 spiro atoms. The third-order valence-corrected chi connectivity index (χ3v) is 4.93. The summed E-state index contributed by atoms with van der Waals surface area (Å²) in [6.45, 7) is 4.81. The van der Waals surface area contributed by atoms with Crippen LogP contribution in [0.1, 0.15) is 26.3 Å². The highest BCUT2D eigenvalue weighted by Crippen LogP contribution is 2.37. The van der Waals surface area contributed by atoms with Crippen molar-refractivity contribution in [3.8, 4) is 17.1 Å². The fourth-order valence-electron chi connectivity index (χ4n) is 3.35. The van der Waals surface area contributed by atoms with E-state index in [0.717, 1.165) is 12.3 Å². The van der Waals surface area contributed by atoms with Gasteiger partial charge in [0.2, 0.25) is 5.88 Å². The molecule has 12 heteroatoms. The molecular formula is C25H23F3N6O3. The first-order valence-corrected chi connectivity index (χ1v) is 11.0. The van der Waals surface area contributed by atoms with Gasteiger partial charge in [-0.2, -0.15) is 13.2 Å². The number of carbonyl (C=O) groups is 1. The monoisotopic (exact) mass is 512 g/mol. The van der Waals surface area contributed by atoms with Crippen molar-refractivity contribution in [3.63, 3.8) is 0 Å². The van der Waals surface area contributed by atoms with Crippen LogP contribution in [0.15, 0.2) is 55.0 Å². The molecular weight excluding hydrogens is 489 g/mol. The molecule has 2 N–H and O–H groups in total. The Balaban J connectivity index is 1.67. The molecule has 4 aromatic rings. The van der Waals surface area contributed by atoms with Crippen molar-refractivity contribution in [2.75, 3.05) is 17.7 Å². The van der Waals surface area contributed by atoms with Crippen LogP contribution in [0.4, 0.5) is 35.2 Å². The minimum atomic E-state index is -4.77. The highest BCUT2D eigenvalue weighted by Gasteiger charge is 2.35. The fraction of sp³-hybridized carbons (Fsp3) is 0.240. The minimum absolute atomic E-state index is 0.104. The van der Waals surface area contributed by atoms with E-state index in [-0.39, 0.29) is 5.82 Å². The highest BCUT2D eigenvalue weighted by atomic mass is 19.4. The maximum absolute atomic E-state index is 13.8. The summed E-state index contributed by atoms with van der Waals surface area (Å²) in [6.07, 6.45) is -1.77. The summed E-state index contributed by atoms with van der Waals surface area (Å²) in [5, 5.41) is 5.00. The van der Waals surface area contributed by atoms with E-state index < -0.39 is 29.1 Å². The van der Waals surface area contributed by atoms with Crippen LogP contribution >= 0.6 is 0 Å². The summed E-state index contributed by atoms with van der Waals surface area (Å²) in [4.78, 5) is 29.2. The van der Waals surface area contributed by atoms with E-state index in [0.29, 0.717) is 33.9 Å². The van der Waals surface area contributed by atoms with Crippen LogP contribution in [-0.2, 0) is 10.9 Å². The molecule has 0 saturated carbocycles. The number of rotatable bonds is 5. The Morgan fingerprint density at radius 3 is 2.38 bits per heavy atom. The lowest BCUT2D eigenvalue weighted by atomic mass is 10.1. The van der Waals surface area contributed by atoms with Gasteiger partial charge in [-0.25, -0.2) is 19.7 Å². The number of ether oxygens (including phenoxy) is 2. The number of halogens is 3. The zero-order valence-corrected chi connectivity index (χ0v) is 20.3. The van der Waals surface area contributed by atoms with Gasteiger partial charge in [0, 0.05) is 24.0 Å².